The first-order valence-electron chi connectivity index (χ1n) is 10.2. The maximum absolute atomic E-state index is 12.5. The molecule has 1 aliphatic rings. The second-order valence-corrected chi connectivity index (χ2v) is 7.27. The van der Waals surface area contributed by atoms with Crippen molar-refractivity contribution in [3.05, 3.63) is 42.7 Å². The lowest BCUT2D eigenvalue weighted by Gasteiger charge is -2.32. The van der Waals surface area contributed by atoms with Crippen LogP contribution >= 0.6 is 0 Å². The number of nitrogens with one attached hydrogen (secondary N) is 1. The van der Waals surface area contributed by atoms with Gasteiger partial charge in [-0.1, -0.05) is 56.5 Å². The number of anilines is 1. The van der Waals surface area contributed by atoms with E-state index in [4.69, 9.17) is 0 Å². The van der Waals surface area contributed by atoms with E-state index in [1.54, 1.807) is 0 Å². The summed E-state index contributed by atoms with van der Waals surface area (Å²) in [7, 11) is 0. The minimum Gasteiger partial charge on any atom is -0.356 e. The van der Waals surface area contributed by atoms with Crippen LogP contribution in [0.15, 0.2) is 42.7 Å². The van der Waals surface area contributed by atoms with Gasteiger partial charge < -0.3 is 10.2 Å². The number of amides is 1. The molecule has 1 N–H and O–H groups in total. The largest absolute Gasteiger partial charge is 0.356 e. The molecule has 0 bridgehead atoms. The van der Waals surface area contributed by atoms with E-state index in [1.165, 1.54) is 19.3 Å². The molecule has 1 aliphatic heterocycles. The third-order valence-electron chi connectivity index (χ3n) is 5.15. The van der Waals surface area contributed by atoms with Gasteiger partial charge in [0.05, 0.1) is 5.92 Å². The highest BCUT2D eigenvalue weighted by molar-refractivity contribution is 5.79. The van der Waals surface area contributed by atoms with Gasteiger partial charge in [0.15, 0.2) is 0 Å². The molecule has 1 amide bonds. The molecule has 1 atom stereocenters. The molecular formula is C22H30N4O. The van der Waals surface area contributed by atoms with Crippen LogP contribution in [-0.2, 0) is 4.79 Å². The predicted octanol–water partition coefficient (Wildman–Crippen LogP) is 4.06. The van der Waals surface area contributed by atoms with Crippen molar-refractivity contribution in [2.45, 2.75) is 45.4 Å². The molecule has 5 heteroatoms. The molecule has 1 fully saturated rings. The van der Waals surface area contributed by atoms with E-state index in [9.17, 15) is 4.79 Å². The average Bonchev–Trinajstić information content (AvgIpc) is 2.74. The van der Waals surface area contributed by atoms with Crippen LogP contribution in [0.5, 0.6) is 0 Å². The van der Waals surface area contributed by atoms with Crippen LogP contribution in [0.3, 0.4) is 0 Å². The van der Waals surface area contributed by atoms with Crippen molar-refractivity contribution >= 4 is 11.9 Å². The number of carbonyl (C=O) groups excluding carboxylic acids is 1. The Morgan fingerprint density at radius 3 is 2.63 bits per heavy atom. The van der Waals surface area contributed by atoms with Crippen molar-refractivity contribution in [2.75, 3.05) is 24.5 Å². The maximum atomic E-state index is 12.5. The monoisotopic (exact) mass is 366 g/mol. The quantitative estimate of drug-likeness (QED) is 0.716. The first kappa shape index (κ1) is 19.3. The summed E-state index contributed by atoms with van der Waals surface area (Å²) in [6.45, 7) is 4.59. The minimum atomic E-state index is 0.0299. The summed E-state index contributed by atoms with van der Waals surface area (Å²) in [4.78, 5) is 23.7. The van der Waals surface area contributed by atoms with E-state index in [0.717, 1.165) is 49.4 Å². The van der Waals surface area contributed by atoms with Gasteiger partial charge in [0, 0.05) is 37.6 Å². The zero-order chi connectivity index (χ0) is 18.9. The Labute approximate surface area is 162 Å². The molecule has 0 spiro atoms. The maximum Gasteiger partial charge on any atom is 0.225 e. The first-order chi connectivity index (χ1) is 13.3. The molecule has 0 unspecified atom stereocenters. The summed E-state index contributed by atoms with van der Waals surface area (Å²) < 4.78 is 0. The molecule has 144 valence electrons. The van der Waals surface area contributed by atoms with Crippen LogP contribution in [0.2, 0.25) is 0 Å². The number of nitrogens with zero attached hydrogens (tertiary/aromatic N) is 3. The van der Waals surface area contributed by atoms with Gasteiger partial charge in [-0.05, 0) is 24.8 Å². The standard InChI is InChI=1S/C22H30N4O/c1-2-3-4-8-13-23-21(27)19-12-9-14-26(17-19)22-24-15-20(16-25-22)18-10-6-5-7-11-18/h5-7,10-11,15-16,19H,2-4,8-9,12-14,17H2,1H3,(H,23,27)/t19-/m1/s1. The Hall–Kier alpha value is -2.43. The lowest BCUT2D eigenvalue weighted by Crippen LogP contribution is -2.43. The second-order valence-electron chi connectivity index (χ2n) is 7.27. The van der Waals surface area contributed by atoms with Crippen LogP contribution in [0.1, 0.15) is 45.4 Å². The van der Waals surface area contributed by atoms with Crippen molar-refractivity contribution in [1.82, 2.24) is 15.3 Å². The highest BCUT2D eigenvalue weighted by Gasteiger charge is 2.26. The molecule has 27 heavy (non-hydrogen) atoms. The molecule has 1 aromatic carbocycles. The summed E-state index contributed by atoms with van der Waals surface area (Å²) >= 11 is 0. The van der Waals surface area contributed by atoms with E-state index in [1.807, 2.05) is 30.6 Å². The van der Waals surface area contributed by atoms with E-state index in [-0.39, 0.29) is 11.8 Å². The van der Waals surface area contributed by atoms with Gasteiger partial charge in [0.1, 0.15) is 0 Å². The number of piperidine rings is 1. The Kier molecular flexibility index (Phi) is 7.19. The molecule has 1 saturated heterocycles. The fourth-order valence-corrected chi connectivity index (χ4v) is 3.54. The van der Waals surface area contributed by atoms with Gasteiger partial charge in [-0.15, -0.1) is 0 Å². The van der Waals surface area contributed by atoms with Gasteiger partial charge in [0.25, 0.3) is 0 Å². The van der Waals surface area contributed by atoms with Gasteiger partial charge in [-0.2, -0.15) is 0 Å². The SMILES string of the molecule is CCCCCCNC(=O)[C@@H]1CCCN(c2ncc(-c3ccccc3)cn2)C1. The van der Waals surface area contributed by atoms with Crippen LogP contribution in [0.25, 0.3) is 11.1 Å². The molecule has 0 radical (unpaired) electrons. The van der Waals surface area contributed by atoms with Crippen molar-refractivity contribution in [1.29, 1.82) is 0 Å². The Morgan fingerprint density at radius 2 is 1.89 bits per heavy atom. The number of unbranched alkanes of at least 4 members (excludes halogenated alkanes) is 3. The molecule has 0 aliphatic carbocycles. The summed E-state index contributed by atoms with van der Waals surface area (Å²) in [6.07, 6.45) is 10.4. The van der Waals surface area contributed by atoms with Crippen molar-refractivity contribution < 1.29 is 4.79 Å². The normalized spacial score (nSPS) is 16.9. The number of aromatic nitrogens is 2. The third-order valence-corrected chi connectivity index (χ3v) is 5.15. The first-order valence-corrected chi connectivity index (χ1v) is 10.2. The van der Waals surface area contributed by atoms with Gasteiger partial charge in [-0.25, -0.2) is 9.97 Å². The Morgan fingerprint density at radius 1 is 1.11 bits per heavy atom. The number of rotatable bonds is 8. The zero-order valence-electron chi connectivity index (χ0n) is 16.2. The predicted molar refractivity (Wildman–Crippen MR) is 110 cm³/mol. The Bertz CT molecular complexity index is 702. The fourth-order valence-electron chi connectivity index (χ4n) is 3.54. The third kappa shape index (κ3) is 5.52. The molecular weight excluding hydrogens is 336 g/mol. The molecule has 3 rings (SSSR count). The van der Waals surface area contributed by atoms with E-state index in [2.05, 4.69) is 39.2 Å². The van der Waals surface area contributed by atoms with E-state index < -0.39 is 0 Å². The topological polar surface area (TPSA) is 58.1 Å². The van der Waals surface area contributed by atoms with Crippen molar-refractivity contribution in [2.24, 2.45) is 5.92 Å². The van der Waals surface area contributed by atoms with Crippen molar-refractivity contribution in [3.8, 4) is 11.1 Å². The number of benzene rings is 1. The van der Waals surface area contributed by atoms with Crippen LogP contribution in [-0.4, -0.2) is 35.5 Å². The summed E-state index contributed by atoms with van der Waals surface area (Å²) in [5.74, 6) is 0.926. The Balaban J connectivity index is 1.54. The number of hydrogen-bond donors (Lipinski definition) is 1. The highest BCUT2D eigenvalue weighted by atomic mass is 16.1. The minimum absolute atomic E-state index is 0.0299. The van der Waals surface area contributed by atoms with Gasteiger partial charge >= 0.3 is 0 Å². The number of carbonyl (C=O) groups is 1. The van der Waals surface area contributed by atoms with Crippen molar-refractivity contribution in [3.63, 3.8) is 0 Å². The molecule has 2 aromatic rings. The average molecular weight is 367 g/mol. The smallest absolute Gasteiger partial charge is 0.225 e. The van der Waals surface area contributed by atoms with Crippen LogP contribution < -0.4 is 10.2 Å². The summed E-state index contributed by atoms with van der Waals surface area (Å²) in [5.41, 5.74) is 2.13. The van der Waals surface area contributed by atoms with Gasteiger partial charge in [0.2, 0.25) is 11.9 Å². The molecule has 2 heterocycles. The molecule has 0 saturated carbocycles. The zero-order valence-corrected chi connectivity index (χ0v) is 16.2. The second kappa shape index (κ2) is 10.0. The molecule has 5 nitrogen and oxygen atoms in total. The summed E-state index contributed by atoms with van der Waals surface area (Å²) in [6, 6.07) is 10.1. The highest BCUT2D eigenvalue weighted by Crippen LogP contribution is 2.22. The van der Waals surface area contributed by atoms with Crippen LogP contribution in [0, 0.1) is 5.92 Å². The van der Waals surface area contributed by atoms with E-state index in [0.29, 0.717) is 6.54 Å². The fraction of sp³-hybridized carbons (Fsp3) is 0.500. The van der Waals surface area contributed by atoms with Gasteiger partial charge in [-0.3, -0.25) is 4.79 Å². The number of hydrogen-bond acceptors (Lipinski definition) is 4. The lowest BCUT2D eigenvalue weighted by molar-refractivity contribution is -0.125. The van der Waals surface area contributed by atoms with Crippen LogP contribution in [0.4, 0.5) is 5.95 Å². The molecule has 1 aromatic heterocycles. The van der Waals surface area contributed by atoms with E-state index >= 15 is 0 Å². The summed E-state index contributed by atoms with van der Waals surface area (Å²) in [5, 5.41) is 3.11. The lowest BCUT2D eigenvalue weighted by atomic mass is 9.97.